The van der Waals surface area contributed by atoms with E-state index in [1.165, 1.54) is 0 Å². The lowest BCUT2D eigenvalue weighted by atomic mass is 10.0. The number of methoxy groups -OCH3 is 1. The Morgan fingerprint density at radius 3 is 2.59 bits per heavy atom. The fourth-order valence-corrected chi connectivity index (χ4v) is 4.07. The lowest BCUT2D eigenvalue weighted by molar-refractivity contribution is 0.0434. The van der Waals surface area contributed by atoms with Crippen molar-refractivity contribution >= 4 is 5.91 Å². The van der Waals surface area contributed by atoms with Gasteiger partial charge in [0, 0.05) is 36.7 Å². The molecule has 2 aliphatic rings. The number of carbonyl (C=O) groups excluding carboxylic acids is 1. The van der Waals surface area contributed by atoms with Gasteiger partial charge in [0.05, 0.1) is 26.4 Å². The molecule has 2 aliphatic heterocycles. The molecule has 5 heteroatoms. The highest BCUT2D eigenvalue weighted by molar-refractivity contribution is 5.95. The number of ether oxygens (including phenoxy) is 2. The molecule has 0 unspecified atom stereocenters. The number of rotatable bonds is 3. The van der Waals surface area contributed by atoms with Crippen molar-refractivity contribution in [2.45, 2.75) is 6.04 Å². The van der Waals surface area contributed by atoms with Gasteiger partial charge in [-0.25, -0.2) is 0 Å². The van der Waals surface area contributed by atoms with E-state index in [0.29, 0.717) is 12.5 Å². The second kappa shape index (κ2) is 7.71. The Labute approximate surface area is 160 Å². The number of likely N-dealkylation sites (N-methyl/N-ethyl adjacent to an activating group) is 1. The first kappa shape index (κ1) is 18.0. The van der Waals surface area contributed by atoms with Crippen molar-refractivity contribution in [3.05, 3.63) is 54.1 Å². The second-order valence-electron chi connectivity index (χ2n) is 7.48. The first-order chi connectivity index (χ1) is 13.2. The molecule has 2 atom stereocenters. The number of hydrogen-bond donors (Lipinski definition) is 0. The topological polar surface area (TPSA) is 42.0 Å². The van der Waals surface area contributed by atoms with Gasteiger partial charge in [0.25, 0.3) is 5.91 Å². The highest BCUT2D eigenvalue weighted by Crippen LogP contribution is 2.30. The third-order valence-corrected chi connectivity index (χ3v) is 5.58. The van der Waals surface area contributed by atoms with Crippen LogP contribution in [0.15, 0.2) is 48.5 Å². The summed E-state index contributed by atoms with van der Waals surface area (Å²) in [6.45, 7) is 3.90. The van der Waals surface area contributed by atoms with E-state index >= 15 is 0 Å². The van der Waals surface area contributed by atoms with Gasteiger partial charge in [-0.2, -0.15) is 0 Å². The Morgan fingerprint density at radius 2 is 1.81 bits per heavy atom. The molecule has 5 nitrogen and oxygen atoms in total. The number of nitrogens with zero attached hydrogens (tertiary/aromatic N) is 2. The fraction of sp³-hybridized carbons (Fsp3) is 0.409. The highest BCUT2D eigenvalue weighted by atomic mass is 16.5. The average Bonchev–Trinajstić information content (AvgIpc) is 2.96. The molecule has 0 radical (unpaired) electrons. The van der Waals surface area contributed by atoms with E-state index in [2.05, 4.69) is 11.9 Å². The average molecular weight is 366 g/mol. The SMILES string of the molecule is COc1ccccc1-c1ccc(C(=O)N2C[C@@H]3COC[C@H](C2)N(C)C3)cc1. The normalized spacial score (nSPS) is 23.0. The number of fused-ring (bicyclic) bond motifs is 3. The molecule has 1 amide bonds. The Kier molecular flexibility index (Phi) is 5.14. The van der Waals surface area contributed by atoms with Crippen LogP contribution in [0.1, 0.15) is 10.4 Å². The lowest BCUT2D eigenvalue weighted by Gasteiger charge is -2.29. The maximum absolute atomic E-state index is 13.1. The van der Waals surface area contributed by atoms with Crippen molar-refractivity contribution in [3.8, 4) is 16.9 Å². The van der Waals surface area contributed by atoms with E-state index in [1.807, 2.05) is 53.4 Å². The fourth-order valence-electron chi connectivity index (χ4n) is 4.07. The largest absolute Gasteiger partial charge is 0.496 e. The molecule has 2 fully saturated rings. The molecule has 2 heterocycles. The molecule has 0 N–H and O–H groups in total. The van der Waals surface area contributed by atoms with Crippen LogP contribution in [-0.2, 0) is 4.74 Å². The van der Waals surface area contributed by atoms with Gasteiger partial charge in [-0.3, -0.25) is 9.69 Å². The number of amides is 1. The molecular formula is C22H26N2O3. The van der Waals surface area contributed by atoms with Crippen LogP contribution >= 0.6 is 0 Å². The van der Waals surface area contributed by atoms with E-state index in [9.17, 15) is 4.79 Å². The summed E-state index contributed by atoms with van der Waals surface area (Å²) < 4.78 is 11.2. The zero-order valence-electron chi connectivity index (χ0n) is 15.9. The Hall–Kier alpha value is -2.37. The molecule has 2 bridgehead atoms. The van der Waals surface area contributed by atoms with E-state index < -0.39 is 0 Å². The first-order valence-electron chi connectivity index (χ1n) is 9.46. The number of para-hydroxylation sites is 1. The summed E-state index contributed by atoms with van der Waals surface area (Å²) in [6, 6.07) is 16.0. The number of hydrogen-bond acceptors (Lipinski definition) is 4. The van der Waals surface area contributed by atoms with Crippen LogP contribution in [0.4, 0.5) is 0 Å². The van der Waals surface area contributed by atoms with Crippen molar-refractivity contribution in [2.75, 3.05) is 47.0 Å². The van der Waals surface area contributed by atoms with Gasteiger partial charge in [-0.05, 0) is 30.8 Å². The highest BCUT2D eigenvalue weighted by Gasteiger charge is 2.33. The maximum atomic E-state index is 13.1. The van der Waals surface area contributed by atoms with Gasteiger partial charge < -0.3 is 14.4 Å². The zero-order valence-corrected chi connectivity index (χ0v) is 15.9. The minimum atomic E-state index is 0.105. The standard InChI is InChI=1S/C22H26N2O3/c1-23-11-16-12-24(13-19(23)15-27-14-16)22(25)18-9-7-17(8-10-18)20-5-3-4-6-21(20)26-2/h3-10,16,19H,11-15H2,1-2H3/t16-,19+/m1/s1. The van der Waals surface area contributed by atoms with Crippen LogP contribution in [0.5, 0.6) is 5.75 Å². The smallest absolute Gasteiger partial charge is 0.253 e. The summed E-state index contributed by atoms with van der Waals surface area (Å²) >= 11 is 0. The lowest BCUT2D eigenvalue weighted by Crippen LogP contribution is -2.44. The van der Waals surface area contributed by atoms with Crippen molar-refractivity contribution in [2.24, 2.45) is 5.92 Å². The Bertz CT molecular complexity index is 805. The van der Waals surface area contributed by atoms with Crippen LogP contribution in [0.2, 0.25) is 0 Å². The quantitative estimate of drug-likeness (QED) is 0.838. The van der Waals surface area contributed by atoms with Gasteiger partial charge in [0.1, 0.15) is 5.75 Å². The summed E-state index contributed by atoms with van der Waals surface area (Å²) in [5, 5.41) is 0. The van der Waals surface area contributed by atoms with Gasteiger partial charge in [0.15, 0.2) is 0 Å². The van der Waals surface area contributed by atoms with E-state index in [0.717, 1.165) is 48.7 Å². The summed E-state index contributed by atoms with van der Waals surface area (Å²) in [6.07, 6.45) is 0. The molecule has 4 rings (SSSR count). The molecular weight excluding hydrogens is 340 g/mol. The molecule has 0 spiro atoms. The number of carbonyl (C=O) groups is 1. The second-order valence-corrected chi connectivity index (χ2v) is 7.48. The van der Waals surface area contributed by atoms with Gasteiger partial charge >= 0.3 is 0 Å². The molecule has 0 aliphatic carbocycles. The molecule has 2 aromatic rings. The summed E-state index contributed by atoms with van der Waals surface area (Å²) in [5.74, 6) is 1.31. The third-order valence-electron chi connectivity index (χ3n) is 5.58. The summed E-state index contributed by atoms with van der Waals surface area (Å²) in [7, 11) is 3.80. The molecule has 2 aromatic carbocycles. The third kappa shape index (κ3) is 3.70. The molecule has 27 heavy (non-hydrogen) atoms. The summed E-state index contributed by atoms with van der Waals surface area (Å²) in [5.41, 5.74) is 2.81. The minimum Gasteiger partial charge on any atom is -0.496 e. The van der Waals surface area contributed by atoms with Gasteiger partial charge in [-0.1, -0.05) is 30.3 Å². The van der Waals surface area contributed by atoms with Gasteiger partial charge in [0.2, 0.25) is 0 Å². The minimum absolute atomic E-state index is 0.105. The maximum Gasteiger partial charge on any atom is 0.253 e. The molecule has 0 saturated carbocycles. The molecule has 0 aromatic heterocycles. The monoisotopic (exact) mass is 366 g/mol. The van der Waals surface area contributed by atoms with Crippen molar-refractivity contribution in [1.82, 2.24) is 9.80 Å². The van der Waals surface area contributed by atoms with E-state index in [4.69, 9.17) is 9.47 Å². The van der Waals surface area contributed by atoms with Gasteiger partial charge in [-0.15, -0.1) is 0 Å². The van der Waals surface area contributed by atoms with E-state index in [-0.39, 0.29) is 11.9 Å². The van der Waals surface area contributed by atoms with Crippen LogP contribution < -0.4 is 4.74 Å². The Balaban J connectivity index is 1.54. The van der Waals surface area contributed by atoms with Crippen LogP contribution in [0.3, 0.4) is 0 Å². The van der Waals surface area contributed by atoms with Crippen LogP contribution in [0.25, 0.3) is 11.1 Å². The molecule has 142 valence electrons. The predicted molar refractivity (Wildman–Crippen MR) is 105 cm³/mol. The zero-order chi connectivity index (χ0) is 18.8. The van der Waals surface area contributed by atoms with Crippen LogP contribution in [0, 0.1) is 5.92 Å². The first-order valence-corrected chi connectivity index (χ1v) is 9.46. The Morgan fingerprint density at radius 1 is 1.04 bits per heavy atom. The predicted octanol–water partition coefficient (Wildman–Crippen LogP) is 2.76. The molecule has 2 saturated heterocycles. The van der Waals surface area contributed by atoms with Crippen molar-refractivity contribution < 1.29 is 14.3 Å². The van der Waals surface area contributed by atoms with Crippen molar-refractivity contribution in [1.29, 1.82) is 0 Å². The van der Waals surface area contributed by atoms with Crippen molar-refractivity contribution in [3.63, 3.8) is 0 Å². The van der Waals surface area contributed by atoms with Crippen LogP contribution in [-0.4, -0.2) is 68.8 Å². The number of benzene rings is 2. The van der Waals surface area contributed by atoms with E-state index in [1.54, 1.807) is 7.11 Å². The summed E-state index contributed by atoms with van der Waals surface area (Å²) in [4.78, 5) is 17.4.